The van der Waals surface area contributed by atoms with Gasteiger partial charge in [-0.15, -0.1) is 0 Å². The number of hydrogen-bond donors (Lipinski definition) is 1. The van der Waals surface area contributed by atoms with Gasteiger partial charge >= 0.3 is 0 Å². The van der Waals surface area contributed by atoms with Crippen molar-refractivity contribution in [2.24, 2.45) is 5.73 Å². The minimum absolute atomic E-state index is 0.394. The van der Waals surface area contributed by atoms with E-state index in [0.717, 1.165) is 22.5 Å². The van der Waals surface area contributed by atoms with E-state index in [0.29, 0.717) is 28.0 Å². The van der Waals surface area contributed by atoms with Crippen LogP contribution in [0, 0.1) is 0 Å². The number of aromatic nitrogens is 2. The Morgan fingerprint density at radius 1 is 1.08 bits per heavy atom. The molecule has 2 N–H and O–H groups in total. The van der Waals surface area contributed by atoms with Crippen LogP contribution in [0.4, 0.5) is 0 Å². The number of halogens is 2. The zero-order valence-electron chi connectivity index (χ0n) is 12.7. The normalized spacial score (nSPS) is 10.8. The zero-order valence-corrected chi connectivity index (χ0v) is 15.1. The molecule has 0 atom stereocenters. The molecule has 0 aliphatic heterocycles. The largest absolute Gasteiger partial charge is 0.389 e. The molecule has 0 amide bonds. The van der Waals surface area contributed by atoms with Gasteiger partial charge in [0, 0.05) is 30.9 Å². The Balaban J connectivity index is 1.89. The van der Waals surface area contributed by atoms with Gasteiger partial charge < -0.3 is 10.3 Å². The molecule has 3 nitrogen and oxygen atoms in total. The highest BCUT2D eigenvalue weighted by Gasteiger charge is 2.11. The van der Waals surface area contributed by atoms with Gasteiger partial charge in [-0.25, -0.2) is 4.98 Å². The molecule has 0 unspecified atom stereocenters. The number of rotatable bonds is 5. The lowest BCUT2D eigenvalue weighted by molar-refractivity contribution is 0.740. The van der Waals surface area contributed by atoms with Crippen LogP contribution in [0.3, 0.4) is 0 Å². The van der Waals surface area contributed by atoms with Crippen molar-refractivity contribution in [3.05, 3.63) is 87.4 Å². The van der Waals surface area contributed by atoms with Crippen LogP contribution in [0.1, 0.15) is 22.5 Å². The van der Waals surface area contributed by atoms with E-state index in [-0.39, 0.29) is 0 Å². The van der Waals surface area contributed by atoms with Gasteiger partial charge in [0.1, 0.15) is 10.8 Å². The van der Waals surface area contributed by atoms with Crippen molar-refractivity contribution in [2.75, 3.05) is 0 Å². The molecule has 0 aliphatic rings. The monoisotopic (exact) mass is 375 g/mol. The first kappa shape index (κ1) is 17.0. The van der Waals surface area contributed by atoms with Gasteiger partial charge in [-0.3, -0.25) is 0 Å². The van der Waals surface area contributed by atoms with Crippen LogP contribution in [0.2, 0.25) is 10.0 Å². The highest BCUT2D eigenvalue weighted by atomic mass is 35.5. The molecule has 0 bridgehead atoms. The highest BCUT2D eigenvalue weighted by molar-refractivity contribution is 7.80. The second-order valence-corrected chi connectivity index (χ2v) is 6.61. The maximum Gasteiger partial charge on any atom is 0.113 e. The van der Waals surface area contributed by atoms with E-state index in [9.17, 15) is 0 Å². The predicted molar refractivity (Wildman–Crippen MR) is 103 cm³/mol. The highest BCUT2D eigenvalue weighted by Crippen LogP contribution is 2.27. The molecule has 1 heterocycles. The Labute approximate surface area is 156 Å². The van der Waals surface area contributed by atoms with Crippen LogP contribution in [-0.4, -0.2) is 14.5 Å². The minimum atomic E-state index is 0.394. The van der Waals surface area contributed by atoms with Gasteiger partial charge in [-0.2, -0.15) is 0 Å². The van der Waals surface area contributed by atoms with E-state index >= 15 is 0 Å². The third-order valence-electron chi connectivity index (χ3n) is 3.81. The topological polar surface area (TPSA) is 43.8 Å². The van der Waals surface area contributed by atoms with Crippen molar-refractivity contribution in [3.8, 4) is 0 Å². The fourth-order valence-corrected chi connectivity index (χ4v) is 3.17. The number of thiocarbonyl (C=S) groups is 1. The van der Waals surface area contributed by atoms with Crippen molar-refractivity contribution >= 4 is 40.4 Å². The lowest BCUT2D eigenvalue weighted by Crippen LogP contribution is -2.14. The zero-order chi connectivity index (χ0) is 17.1. The molecule has 3 aromatic rings. The van der Waals surface area contributed by atoms with Crippen molar-refractivity contribution in [1.29, 1.82) is 0 Å². The fraction of sp³-hybridized carbons (Fsp3) is 0.111. The lowest BCUT2D eigenvalue weighted by Gasteiger charge is -2.12. The summed E-state index contributed by atoms with van der Waals surface area (Å²) in [4.78, 5) is 4.84. The molecule has 2 aromatic carbocycles. The first-order chi connectivity index (χ1) is 11.6. The standard InChI is InChI=1S/C18H15Cl2N3S/c19-15-7-3-5-12(17(15)20)10-16-22-8-9-23(16)11-13-4-1-2-6-14(13)18(21)24/h1-9H,10-11H2,(H2,21,24). The Kier molecular flexibility index (Phi) is 5.19. The number of hydrogen-bond acceptors (Lipinski definition) is 2. The molecule has 0 aliphatic carbocycles. The quantitative estimate of drug-likeness (QED) is 0.669. The van der Waals surface area contributed by atoms with Gasteiger partial charge in [-0.05, 0) is 17.2 Å². The second kappa shape index (κ2) is 7.34. The van der Waals surface area contributed by atoms with Crippen LogP contribution in [0.25, 0.3) is 0 Å². The average molecular weight is 376 g/mol. The fourth-order valence-electron chi connectivity index (χ4n) is 2.59. The molecule has 0 saturated carbocycles. The molecular formula is C18H15Cl2N3S. The van der Waals surface area contributed by atoms with Crippen molar-refractivity contribution in [3.63, 3.8) is 0 Å². The molecular weight excluding hydrogens is 361 g/mol. The first-order valence-corrected chi connectivity index (χ1v) is 8.53. The third kappa shape index (κ3) is 3.61. The summed E-state index contributed by atoms with van der Waals surface area (Å²) in [6.45, 7) is 0.640. The van der Waals surface area contributed by atoms with Crippen LogP contribution in [0.5, 0.6) is 0 Å². The molecule has 24 heavy (non-hydrogen) atoms. The summed E-state index contributed by atoms with van der Waals surface area (Å²) in [6.07, 6.45) is 4.31. The van der Waals surface area contributed by atoms with Crippen LogP contribution in [0.15, 0.2) is 54.9 Å². The lowest BCUT2D eigenvalue weighted by atomic mass is 10.1. The first-order valence-electron chi connectivity index (χ1n) is 7.37. The third-order valence-corrected chi connectivity index (χ3v) is 4.88. The van der Waals surface area contributed by atoms with E-state index < -0.39 is 0 Å². The van der Waals surface area contributed by atoms with Crippen LogP contribution < -0.4 is 5.73 Å². The average Bonchev–Trinajstić information content (AvgIpc) is 2.99. The predicted octanol–water partition coefficient (Wildman–Crippen LogP) is 4.46. The molecule has 122 valence electrons. The van der Waals surface area contributed by atoms with Crippen molar-refractivity contribution < 1.29 is 0 Å². The van der Waals surface area contributed by atoms with Crippen LogP contribution >= 0.6 is 35.4 Å². The van der Waals surface area contributed by atoms with E-state index in [1.165, 1.54) is 0 Å². The molecule has 6 heteroatoms. The van der Waals surface area contributed by atoms with Crippen molar-refractivity contribution in [2.45, 2.75) is 13.0 Å². The summed E-state index contributed by atoms with van der Waals surface area (Å²) in [5.41, 5.74) is 8.70. The Morgan fingerprint density at radius 2 is 1.83 bits per heavy atom. The van der Waals surface area contributed by atoms with Gasteiger partial charge in [0.05, 0.1) is 10.0 Å². The summed E-state index contributed by atoms with van der Waals surface area (Å²) in [6, 6.07) is 13.5. The molecule has 0 radical (unpaired) electrons. The van der Waals surface area contributed by atoms with E-state index in [1.807, 2.05) is 42.6 Å². The molecule has 0 spiro atoms. The van der Waals surface area contributed by atoms with Crippen molar-refractivity contribution in [1.82, 2.24) is 9.55 Å². The maximum atomic E-state index is 6.29. The summed E-state index contributed by atoms with van der Waals surface area (Å²) in [5, 5.41) is 1.11. The van der Waals surface area contributed by atoms with E-state index in [1.54, 1.807) is 12.3 Å². The Hall–Kier alpha value is -1.88. The minimum Gasteiger partial charge on any atom is -0.389 e. The maximum absolute atomic E-state index is 6.29. The van der Waals surface area contributed by atoms with Gasteiger partial charge in [0.25, 0.3) is 0 Å². The summed E-state index contributed by atoms with van der Waals surface area (Å²) in [5.74, 6) is 0.900. The van der Waals surface area contributed by atoms with E-state index in [2.05, 4.69) is 9.55 Å². The summed E-state index contributed by atoms with van der Waals surface area (Å²) >= 11 is 17.5. The Morgan fingerprint density at radius 3 is 2.62 bits per heavy atom. The molecule has 3 rings (SSSR count). The molecule has 0 fully saturated rings. The van der Waals surface area contributed by atoms with Gasteiger partial charge in [0.2, 0.25) is 0 Å². The van der Waals surface area contributed by atoms with E-state index in [4.69, 9.17) is 41.2 Å². The summed E-state index contributed by atoms with van der Waals surface area (Å²) in [7, 11) is 0. The van der Waals surface area contributed by atoms with Gasteiger partial charge in [0.15, 0.2) is 0 Å². The summed E-state index contributed by atoms with van der Waals surface area (Å²) < 4.78 is 2.06. The van der Waals surface area contributed by atoms with Gasteiger partial charge in [-0.1, -0.05) is 71.8 Å². The molecule has 1 aromatic heterocycles. The second-order valence-electron chi connectivity index (χ2n) is 5.38. The Bertz CT molecular complexity index is 889. The number of nitrogens with zero attached hydrogens (tertiary/aromatic N) is 2. The van der Waals surface area contributed by atoms with Crippen LogP contribution in [-0.2, 0) is 13.0 Å². The molecule has 0 saturated heterocycles. The smallest absolute Gasteiger partial charge is 0.113 e. The number of benzene rings is 2. The number of nitrogens with two attached hydrogens (primary N) is 1. The SMILES string of the molecule is NC(=S)c1ccccc1Cn1ccnc1Cc1cccc(Cl)c1Cl. The number of imidazole rings is 1.